The normalized spacial score (nSPS) is 10.0. The van der Waals surface area contributed by atoms with Crippen LogP contribution in [0.3, 0.4) is 0 Å². The molecule has 0 aliphatic heterocycles. The summed E-state index contributed by atoms with van der Waals surface area (Å²) in [6.07, 6.45) is 2.38. The minimum atomic E-state index is -0.596. The second kappa shape index (κ2) is 5.90. The smallest absolute Gasteiger partial charge is 0.365 e. The highest BCUT2D eigenvalue weighted by atomic mass is 16.5. The van der Waals surface area contributed by atoms with Crippen LogP contribution in [-0.2, 0) is 0 Å². The number of ether oxygens (including phenoxy) is 3. The zero-order valence-electron chi connectivity index (χ0n) is 10.6. The second-order valence-electron chi connectivity index (χ2n) is 3.51. The molecule has 0 unspecified atom stereocenters. The van der Waals surface area contributed by atoms with E-state index in [-0.39, 0.29) is 5.69 Å². The summed E-state index contributed by atoms with van der Waals surface area (Å²) in [5.74, 6) is 0.831. The van der Waals surface area contributed by atoms with E-state index >= 15 is 0 Å². The standard InChI is InChI=1S/C13H13NO5/c1-3-18-12-6-9(4-5-11(12)16-2)19-13(15)10-7-17-8-14-10/h4-8H,3H2,1-2H3. The summed E-state index contributed by atoms with van der Waals surface area (Å²) in [5, 5.41) is 0. The first-order chi connectivity index (χ1) is 9.24. The number of carbonyl (C=O) groups is 1. The van der Waals surface area contributed by atoms with Gasteiger partial charge in [0.2, 0.25) is 0 Å². The molecule has 6 nitrogen and oxygen atoms in total. The van der Waals surface area contributed by atoms with Crippen molar-refractivity contribution < 1.29 is 23.4 Å². The van der Waals surface area contributed by atoms with Gasteiger partial charge in [-0.25, -0.2) is 9.78 Å². The minimum absolute atomic E-state index is 0.105. The molecule has 1 aromatic carbocycles. The maximum atomic E-state index is 11.7. The van der Waals surface area contributed by atoms with Crippen LogP contribution >= 0.6 is 0 Å². The molecule has 0 aliphatic rings. The number of oxazole rings is 1. The number of hydrogen-bond acceptors (Lipinski definition) is 6. The van der Waals surface area contributed by atoms with Gasteiger partial charge in [0.05, 0.1) is 13.7 Å². The van der Waals surface area contributed by atoms with Crippen LogP contribution in [0, 0.1) is 0 Å². The first-order valence-electron chi connectivity index (χ1n) is 5.65. The molecule has 2 aromatic rings. The fraction of sp³-hybridized carbons (Fsp3) is 0.231. The minimum Gasteiger partial charge on any atom is -0.493 e. The molecule has 19 heavy (non-hydrogen) atoms. The molecule has 0 atom stereocenters. The number of methoxy groups -OCH3 is 1. The summed E-state index contributed by atoms with van der Waals surface area (Å²) in [5.41, 5.74) is 0.105. The molecule has 0 N–H and O–H groups in total. The van der Waals surface area contributed by atoms with Crippen molar-refractivity contribution in [1.82, 2.24) is 4.98 Å². The van der Waals surface area contributed by atoms with Crippen molar-refractivity contribution >= 4 is 5.97 Å². The summed E-state index contributed by atoms with van der Waals surface area (Å²) in [7, 11) is 1.54. The Bertz CT molecular complexity index is 550. The first kappa shape index (κ1) is 12.9. The molecule has 0 fully saturated rings. The summed E-state index contributed by atoms with van der Waals surface area (Å²) < 4.78 is 20.4. The van der Waals surface area contributed by atoms with Gasteiger partial charge in [-0.1, -0.05) is 0 Å². The lowest BCUT2D eigenvalue weighted by Crippen LogP contribution is -2.09. The number of nitrogens with zero attached hydrogens (tertiary/aromatic N) is 1. The first-order valence-corrected chi connectivity index (χ1v) is 5.65. The highest BCUT2D eigenvalue weighted by Gasteiger charge is 2.13. The van der Waals surface area contributed by atoms with E-state index in [4.69, 9.17) is 18.6 Å². The largest absolute Gasteiger partial charge is 0.493 e. The van der Waals surface area contributed by atoms with Gasteiger partial charge < -0.3 is 18.6 Å². The molecule has 2 rings (SSSR count). The molecule has 0 saturated carbocycles. The van der Waals surface area contributed by atoms with E-state index in [0.717, 1.165) is 6.39 Å². The molecule has 6 heteroatoms. The summed E-state index contributed by atoms with van der Waals surface area (Å²) in [6.45, 7) is 2.34. The van der Waals surface area contributed by atoms with Crippen LogP contribution in [-0.4, -0.2) is 24.7 Å². The Morgan fingerprint density at radius 3 is 2.84 bits per heavy atom. The fourth-order valence-corrected chi connectivity index (χ4v) is 1.46. The van der Waals surface area contributed by atoms with Crippen LogP contribution in [0.4, 0.5) is 0 Å². The van der Waals surface area contributed by atoms with Crippen molar-refractivity contribution in [3.05, 3.63) is 36.5 Å². The van der Waals surface area contributed by atoms with Crippen LogP contribution in [0.1, 0.15) is 17.4 Å². The number of rotatable bonds is 5. The molecular formula is C13H13NO5. The molecule has 100 valence electrons. The van der Waals surface area contributed by atoms with Gasteiger partial charge in [-0.15, -0.1) is 0 Å². The Morgan fingerprint density at radius 2 is 2.21 bits per heavy atom. The van der Waals surface area contributed by atoms with E-state index in [0.29, 0.717) is 23.9 Å². The highest BCUT2D eigenvalue weighted by Crippen LogP contribution is 2.31. The third-order valence-corrected chi connectivity index (χ3v) is 2.29. The lowest BCUT2D eigenvalue weighted by atomic mass is 10.3. The Labute approximate surface area is 109 Å². The summed E-state index contributed by atoms with van der Waals surface area (Å²) >= 11 is 0. The molecule has 0 saturated heterocycles. The van der Waals surface area contributed by atoms with Crippen molar-refractivity contribution in [3.8, 4) is 17.2 Å². The van der Waals surface area contributed by atoms with Crippen LogP contribution in [0.5, 0.6) is 17.2 Å². The lowest BCUT2D eigenvalue weighted by molar-refractivity contribution is 0.0728. The van der Waals surface area contributed by atoms with Crippen LogP contribution in [0.2, 0.25) is 0 Å². The predicted molar refractivity (Wildman–Crippen MR) is 65.6 cm³/mol. The highest BCUT2D eigenvalue weighted by molar-refractivity contribution is 5.88. The number of hydrogen-bond donors (Lipinski definition) is 0. The molecular weight excluding hydrogens is 250 g/mol. The Hall–Kier alpha value is -2.50. The van der Waals surface area contributed by atoms with Crippen molar-refractivity contribution in [3.63, 3.8) is 0 Å². The Balaban J connectivity index is 2.16. The van der Waals surface area contributed by atoms with Gasteiger partial charge in [0.1, 0.15) is 12.0 Å². The van der Waals surface area contributed by atoms with Gasteiger partial charge in [0.25, 0.3) is 0 Å². The van der Waals surface area contributed by atoms with Crippen LogP contribution in [0.25, 0.3) is 0 Å². The molecule has 0 aliphatic carbocycles. The fourth-order valence-electron chi connectivity index (χ4n) is 1.46. The number of carbonyl (C=O) groups excluding carboxylic acids is 1. The number of esters is 1. The van der Waals surface area contributed by atoms with Gasteiger partial charge in [0, 0.05) is 6.07 Å². The molecule has 1 heterocycles. The van der Waals surface area contributed by atoms with Crippen LogP contribution in [0.15, 0.2) is 35.3 Å². The Morgan fingerprint density at radius 1 is 1.37 bits per heavy atom. The van der Waals surface area contributed by atoms with E-state index in [9.17, 15) is 4.79 Å². The van der Waals surface area contributed by atoms with Gasteiger partial charge in [0.15, 0.2) is 23.6 Å². The quantitative estimate of drug-likeness (QED) is 0.609. The average molecular weight is 263 g/mol. The number of benzene rings is 1. The molecule has 1 aromatic heterocycles. The van der Waals surface area contributed by atoms with E-state index in [1.165, 1.54) is 6.26 Å². The summed E-state index contributed by atoms with van der Waals surface area (Å²) in [6, 6.07) is 4.86. The molecule has 0 spiro atoms. The SMILES string of the molecule is CCOc1cc(OC(=O)c2cocn2)ccc1OC. The van der Waals surface area contributed by atoms with E-state index in [1.54, 1.807) is 25.3 Å². The predicted octanol–water partition coefficient (Wildman–Crippen LogP) is 2.30. The molecule has 0 radical (unpaired) electrons. The Kier molecular flexibility index (Phi) is 4.02. The van der Waals surface area contributed by atoms with Crippen molar-refractivity contribution in [2.45, 2.75) is 6.92 Å². The zero-order valence-corrected chi connectivity index (χ0v) is 10.6. The van der Waals surface area contributed by atoms with Crippen LogP contribution < -0.4 is 14.2 Å². The van der Waals surface area contributed by atoms with Gasteiger partial charge >= 0.3 is 5.97 Å². The van der Waals surface area contributed by atoms with Gasteiger partial charge in [-0.05, 0) is 19.1 Å². The third-order valence-electron chi connectivity index (χ3n) is 2.29. The summed E-state index contributed by atoms with van der Waals surface area (Å²) in [4.78, 5) is 15.4. The van der Waals surface area contributed by atoms with E-state index in [2.05, 4.69) is 4.98 Å². The molecule has 0 bridgehead atoms. The average Bonchev–Trinajstić information content (AvgIpc) is 2.93. The van der Waals surface area contributed by atoms with Crippen molar-refractivity contribution in [1.29, 1.82) is 0 Å². The third kappa shape index (κ3) is 3.04. The van der Waals surface area contributed by atoms with Gasteiger partial charge in [-0.2, -0.15) is 0 Å². The maximum Gasteiger partial charge on any atom is 0.365 e. The van der Waals surface area contributed by atoms with Crippen molar-refractivity contribution in [2.75, 3.05) is 13.7 Å². The topological polar surface area (TPSA) is 70.8 Å². The lowest BCUT2D eigenvalue weighted by Gasteiger charge is -2.10. The molecule has 0 amide bonds. The van der Waals surface area contributed by atoms with Gasteiger partial charge in [-0.3, -0.25) is 0 Å². The van der Waals surface area contributed by atoms with Crippen molar-refractivity contribution in [2.24, 2.45) is 0 Å². The second-order valence-corrected chi connectivity index (χ2v) is 3.51. The zero-order chi connectivity index (χ0) is 13.7. The monoisotopic (exact) mass is 263 g/mol. The maximum absolute atomic E-state index is 11.7. The number of aromatic nitrogens is 1. The van der Waals surface area contributed by atoms with E-state index < -0.39 is 5.97 Å². The van der Waals surface area contributed by atoms with E-state index in [1.807, 2.05) is 6.92 Å².